The van der Waals surface area contributed by atoms with Gasteiger partial charge in [-0.05, 0) is 55.0 Å². The van der Waals surface area contributed by atoms with Crippen molar-refractivity contribution >= 4 is 11.6 Å². The Kier molecular flexibility index (Phi) is 6.30. The lowest BCUT2D eigenvalue weighted by Gasteiger charge is -2.09. The minimum Gasteiger partial charge on any atom is -0.326 e. The summed E-state index contributed by atoms with van der Waals surface area (Å²) in [5.41, 5.74) is 6.53. The van der Waals surface area contributed by atoms with Crippen molar-refractivity contribution in [3.8, 4) is 11.1 Å². The summed E-state index contributed by atoms with van der Waals surface area (Å²) in [6.45, 7) is 9.41. The van der Waals surface area contributed by atoms with Gasteiger partial charge in [-0.2, -0.15) is 5.10 Å². The molecule has 3 rings (SSSR count). The summed E-state index contributed by atoms with van der Waals surface area (Å²) >= 11 is 0. The average molecular weight is 376 g/mol. The van der Waals surface area contributed by atoms with E-state index in [1.54, 1.807) is 0 Å². The molecular weight excluding hydrogens is 346 g/mol. The first-order chi connectivity index (χ1) is 13.4. The summed E-state index contributed by atoms with van der Waals surface area (Å²) in [5, 5.41) is 7.64. The monoisotopic (exact) mass is 375 g/mol. The summed E-state index contributed by atoms with van der Waals surface area (Å²) in [5.74, 6) is 0.580. The Hall–Kier alpha value is -2.88. The fourth-order valence-corrected chi connectivity index (χ4v) is 3.46. The Morgan fingerprint density at radius 3 is 2.29 bits per heavy atom. The maximum Gasteiger partial charge on any atom is 0.224 e. The van der Waals surface area contributed by atoms with Gasteiger partial charge in [0.1, 0.15) is 0 Å². The van der Waals surface area contributed by atoms with E-state index in [1.807, 2.05) is 49.4 Å². The lowest BCUT2D eigenvalue weighted by atomic mass is 10.1. The standard InChI is InChI=1S/C24H29N3O/c1-17(2)16-27-19(4)23(18(3)26-27)14-15-24(28)25-22-12-10-21(11-13-22)20-8-6-5-7-9-20/h5-13,17H,14-16H2,1-4H3,(H,25,28). The number of aromatic nitrogens is 2. The molecule has 0 atom stereocenters. The smallest absolute Gasteiger partial charge is 0.224 e. The van der Waals surface area contributed by atoms with Crippen molar-refractivity contribution in [1.82, 2.24) is 9.78 Å². The van der Waals surface area contributed by atoms with E-state index < -0.39 is 0 Å². The van der Waals surface area contributed by atoms with Gasteiger partial charge in [-0.1, -0.05) is 56.3 Å². The second-order valence-corrected chi connectivity index (χ2v) is 7.72. The van der Waals surface area contributed by atoms with Gasteiger partial charge in [0.25, 0.3) is 0 Å². The number of aryl methyl sites for hydroxylation is 1. The van der Waals surface area contributed by atoms with E-state index in [-0.39, 0.29) is 5.91 Å². The van der Waals surface area contributed by atoms with Crippen LogP contribution in [-0.2, 0) is 17.8 Å². The Morgan fingerprint density at radius 2 is 1.64 bits per heavy atom. The molecule has 1 N–H and O–H groups in total. The molecule has 4 heteroatoms. The zero-order valence-electron chi connectivity index (χ0n) is 17.2. The van der Waals surface area contributed by atoms with Crippen molar-refractivity contribution in [1.29, 1.82) is 0 Å². The number of benzene rings is 2. The lowest BCUT2D eigenvalue weighted by Crippen LogP contribution is -2.13. The van der Waals surface area contributed by atoms with Crippen molar-refractivity contribution in [3.63, 3.8) is 0 Å². The van der Waals surface area contributed by atoms with E-state index in [0.29, 0.717) is 18.8 Å². The highest BCUT2D eigenvalue weighted by Gasteiger charge is 2.14. The second kappa shape index (κ2) is 8.87. The Balaban J connectivity index is 1.58. The maximum atomic E-state index is 12.4. The van der Waals surface area contributed by atoms with Crippen LogP contribution in [0.2, 0.25) is 0 Å². The van der Waals surface area contributed by atoms with Crippen molar-refractivity contribution in [2.24, 2.45) is 5.92 Å². The molecule has 0 radical (unpaired) electrons. The minimum atomic E-state index is 0.0304. The Morgan fingerprint density at radius 1 is 1.00 bits per heavy atom. The van der Waals surface area contributed by atoms with Gasteiger partial charge in [0.2, 0.25) is 5.91 Å². The molecule has 1 amide bonds. The van der Waals surface area contributed by atoms with Crippen LogP contribution in [0.15, 0.2) is 54.6 Å². The number of amides is 1. The molecule has 2 aromatic carbocycles. The van der Waals surface area contributed by atoms with Crippen LogP contribution < -0.4 is 5.32 Å². The van der Waals surface area contributed by atoms with Crippen LogP contribution in [0, 0.1) is 19.8 Å². The van der Waals surface area contributed by atoms with Gasteiger partial charge >= 0.3 is 0 Å². The third-order valence-electron chi connectivity index (χ3n) is 4.95. The largest absolute Gasteiger partial charge is 0.326 e. The van der Waals surface area contributed by atoms with Crippen LogP contribution >= 0.6 is 0 Å². The van der Waals surface area contributed by atoms with Gasteiger partial charge in [0.15, 0.2) is 0 Å². The fourth-order valence-electron chi connectivity index (χ4n) is 3.46. The first-order valence-electron chi connectivity index (χ1n) is 9.92. The molecule has 0 bridgehead atoms. The highest BCUT2D eigenvalue weighted by molar-refractivity contribution is 5.91. The number of hydrogen-bond acceptors (Lipinski definition) is 2. The molecule has 28 heavy (non-hydrogen) atoms. The molecule has 1 heterocycles. The summed E-state index contributed by atoms with van der Waals surface area (Å²) in [4.78, 5) is 12.4. The molecule has 1 aromatic heterocycles. The van der Waals surface area contributed by atoms with E-state index in [4.69, 9.17) is 0 Å². The molecule has 0 saturated heterocycles. The summed E-state index contributed by atoms with van der Waals surface area (Å²) < 4.78 is 2.07. The van der Waals surface area contributed by atoms with Gasteiger partial charge in [0, 0.05) is 24.3 Å². The first kappa shape index (κ1) is 19.9. The van der Waals surface area contributed by atoms with Crippen LogP contribution in [-0.4, -0.2) is 15.7 Å². The molecule has 0 aliphatic rings. The summed E-state index contributed by atoms with van der Waals surface area (Å²) in [7, 11) is 0. The molecule has 4 nitrogen and oxygen atoms in total. The van der Waals surface area contributed by atoms with Crippen molar-refractivity contribution in [2.75, 3.05) is 5.32 Å². The number of carbonyl (C=O) groups excluding carboxylic acids is 1. The van der Waals surface area contributed by atoms with Crippen molar-refractivity contribution in [2.45, 2.75) is 47.1 Å². The molecule has 3 aromatic rings. The van der Waals surface area contributed by atoms with E-state index in [1.165, 1.54) is 16.8 Å². The molecule has 0 unspecified atom stereocenters. The summed E-state index contributed by atoms with van der Waals surface area (Å²) in [6.07, 6.45) is 1.17. The third-order valence-corrected chi connectivity index (χ3v) is 4.95. The third kappa shape index (κ3) is 4.89. The highest BCUT2D eigenvalue weighted by atomic mass is 16.1. The van der Waals surface area contributed by atoms with Crippen LogP contribution in [0.5, 0.6) is 0 Å². The predicted molar refractivity (Wildman–Crippen MR) is 115 cm³/mol. The Labute approximate surface area is 167 Å². The number of carbonyl (C=O) groups is 1. The maximum absolute atomic E-state index is 12.4. The molecule has 0 saturated carbocycles. The highest BCUT2D eigenvalue weighted by Crippen LogP contribution is 2.21. The second-order valence-electron chi connectivity index (χ2n) is 7.72. The van der Waals surface area contributed by atoms with Crippen LogP contribution in [0.4, 0.5) is 5.69 Å². The van der Waals surface area contributed by atoms with Crippen LogP contribution in [0.25, 0.3) is 11.1 Å². The van der Waals surface area contributed by atoms with Gasteiger partial charge < -0.3 is 5.32 Å². The van der Waals surface area contributed by atoms with Gasteiger partial charge in [0.05, 0.1) is 5.69 Å². The van der Waals surface area contributed by atoms with E-state index in [9.17, 15) is 4.79 Å². The average Bonchev–Trinajstić information content (AvgIpc) is 2.94. The zero-order valence-corrected chi connectivity index (χ0v) is 17.2. The van der Waals surface area contributed by atoms with Crippen LogP contribution in [0.1, 0.15) is 37.2 Å². The first-order valence-corrected chi connectivity index (χ1v) is 9.92. The number of anilines is 1. The Bertz CT molecular complexity index is 924. The summed E-state index contributed by atoms with van der Waals surface area (Å²) in [6, 6.07) is 18.2. The number of rotatable bonds is 7. The minimum absolute atomic E-state index is 0.0304. The van der Waals surface area contributed by atoms with E-state index in [2.05, 4.69) is 48.0 Å². The number of nitrogens with one attached hydrogen (secondary N) is 1. The zero-order chi connectivity index (χ0) is 20.1. The topological polar surface area (TPSA) is 46.9 Å². The molecule has 0 aliphatic heterocycles. The molecule has 0 fully saturated rings. The number of nitrogens with zero attached hydrogens (tertiary/aromatic N) is 2. The van der Waals surface area contributed by atoms with Gasteiger partial charge in [-0.15, -0.1) is 0 Å². The van der Waals surface area contributed by atoms with Crippen LogP contribution in [0.3, 0.4) is 0 Å². The predicted octanol–water partition coefficient (Wildman–Crippen LogP) is 5.39. The van der Waals surface area contributed by atoms with E-state index in [0.717, 1.165) is 23.5 Å². The molecule has 0 aliphatic carbocycles. The van der Waals surface area contributed by atoms with Crippen molar-refractivity contribution in [3.05, 3.63) is 71.5 Å². The SMILES string of the molecule is Cc1nn(CC(C)C)c(C)c1CCC(=O)Nc1ccc(-c2ccccc2)cc1. The molecule has 0 spiro atoms. The van der Waals surface area contributed by atoms with Crippen molar-refractivity contribution < 1.29 is 4.79 Å². The normalized spacial score (nSPS) is 11.0. The number of hydrogen-bond donors (Lipinski definition) is 1. The quantitative estimate of drug-likeness (QED) is 0.601. The molecular formula is C24H29N3O. The fraction of sp³-hybridized carbons (Fsp3) is 0.333. The molecule has 146 valence electrons. The van der Waals surface area contributed by atoms with Gasteiger partial charge in [-0.25, -0.2) is 0 Å². The lowest BCUT2D eigenvalue weighted by molar-refractivity contribution is -0.116. The van der Waals surface area contributed by atoms with Gasteiger partial charge in [-0.3, -0.25) is 9.48 Å². The van der Waals surface area contributed by atoms with E-state index >= 15 is 0 Å².